The van der Waals surface area contributed by atoms with E-state index in [1.807, 2.05) is 12.1 Å². The summed E-state index contributed by atoms with van der Waals surface area (Å²) in [6, 6.07) is 3.86. The van der Waals surface area contributed by atoms with E-state index in [1.54, 1.807) is 0 Å². The van der Waals surface area contributed by atoms with Gasteiger partial charge < -0.3 is 5.73 Å². The number of H-pyrrole nitrogens is 1. The van der Waals surface area contributed by atoms with Crippen molar-refractivity contribution in [3.05, 3.63) is 16.7 Å². The van der Waals surface area contributed by atoms with Crippen LogP contribution >= 0.6 is 27.3 Å². The van der Waals surface area contributed by atoms with Crippen LogP contribution < -0.4 is 5.73 Å². The molecule has 4 nitrogen and oxygen atoms in total. The summed E-state index contributed by atoms with van der Waals surface area (Å²) in [6.45, 7) is 0. The second-order valence-electron chi connectivity index (χ2n) is 2.90. The Labute approximate surface area is 91.3 Å². The first-order chi connectivity index (χ1) is 6.75. The molecule has 1 aromatic carbocycles. The topological polar surface area (TPSA) is 67.6 Å². The van der Waals surface area contributed by atoms with E-state index in [-0.39, 0.29) is 0 Å². The van der Waals surface area contributed by atoms with Crippen LogP contribution in [0.4, 0.5) is 5.13 Å². The van der Waals surface area contributed by atoms with E-state index in [2.05, 4.69) is 31.1 Å². The highest BCUT2D eigenvalue weighted by Gasteiger charge is 2.10. The Morgan fingerprint density at radius 2 is 2.14 bits per heavy atom. The number of thiazole rings is 1. The maximum absolute atomic E-state index is 5.66. The van der Waals surface area contributed by atoms with Gasteiger partial charge in [-0.15, -0.1) is 0 Å². The van der Waals surface area contributed by atoms with Gasteiger partial charge in [-0.25, -0.2) is 4.98 Å². The van der Waals surface area contributed by atoms with Crippen molar-refractivity contribution in [2.75, 3.05) is 5.73 Å². The fraction of sp³-hybridized carbons (Fsp3) is 0. The molecule has 0 bridgehead atoms. The van der Waals surface area contributed by atoms with Crippen molar-refractivity contribution in [2.24, 2.45) is 0 Å². The van der Waals surface area contributed by atoms with Crippen LogP contribution in [0, 0.1) is 0 Å². The number of nitrogens with one attached hydrogen (secondary N) is 1. The lowest BCUT2D eigenvalue weighted by Crippen LogP contribution is -1.78. The largest absolute Gasteiger partial charge is 0.375 e. The number of fused-ring (bicyclic) bond motifs is 3. The van der Waals surface area contributed by atoms with E-state index in [0.29, 0.717) is 5.13 Å². The standard InChI is InChI=1S/C8H5BrN4S/c9-7-5-3(12-13-7)1-2-4-6(5)14-8(10)11-4/h1-2H,(H2,10,11)(H,12,13). The van der Waals surface area contributed by atoms with Crippen molar-refractivity contribution in [3.63, 3.8) is 0 Å². The molecule has 2 aromatic heterocycles. The molecule has 0 fully saturated rings. The van der Waals surface area contributed by atoms with E-state index in [9.17, 15) is 0 Å². The molecule has 0 atom stereocenters. The fourth-order valence-corrected chi connectivity index (χ4v) is 2.97. The molecule has 0 unspecified atom stereocenters. The molecule has 70 valence electrons. The third-order valence-corrected chi connectivity index (χ3v) is 3.54. The number of benzene rings is 1. The molecule has 0 aliphatic heterocycles. The molecule has 0 aliphatic carbocycles. The summed E-state index contributed by atoms with van der Waals surface area (Å²) in [5.41, 5.74) is 7.50. The number of aromatic amines is 1. The SMILES string of the molecule is Nc1nc2ccc3n[nH]c(Br)c3c2s1. The van der Waals surface area contributed by atoms with Gasteiger partial charge in [0, 0.05) is 0 Å². The number of nitrogen functional groups attached to an aromatic ring is 1. The third-order valence-electron chi connectivity index (χ3n) is 2.05. The molecular formula is C8H5BrN4S. The predicted octanol–water partition coefficient (Wildman–Crippen LogP) is 2.52. The zero-order valence-corrected chi connectivity index (χ0v) is 9.32. The van der Waals surface area contributed by atoms with Gasteiger partial charge in [-0.1, -0.05) is 11.3 Å². The Kier molecular flexibility index (Phi) is 1.57. The van der Waals surface area contributed by atoms with Gasteiger partial charge in [-0.2, -0.15) is 5.10 Å². The van der Waals surface area contributed by atoms with Gasteiger partial charge >= 0.3 is 0 Å². The number of anilines is 1. The molecule has 2 heterocycles. The van der Waals surface area contributed by atoms with Crippen molar-refractivity contribution in [1.82, 2.24) is 15.2 Å². The minimum atomic E-state index is 0.584. The van der Waals surface area contributed by atoms with Gasteiger partial charge in [0.15, 0.2) is 5.13 Å². The molecular weight excluding hydrogens is 264 g/mol. The van der Waals surface area contributed by atoms with E-state index in [0.717, 1.165) is 25.7 Å². The first-order valence-corrected chi connectivity index (χ1v) is 5.55. The van der Waals surface area contributed by atoms with Crippen LogP contribution in [0.3, 0.4) is 0 Å². The number of hydrogen-bond acceptors (Lipinski definition) is 4. The zero-order chi connectivity index (χ0) is 9.71. The van der Waals surface area contributed by atoms with Crippen LogP contribution in [0.2, 0.25) is 0 Å². The van der Waals surface area contributed by atoms with Gasteiger partial charge in [-0.3, -0.25) is 5.10 Å². The van der Waals surface area contributed by atoms with Crippen LogP contribution in [0.5, 0.6) is 0 Å². The Balaban J connectivity index is 2.64. The van der Waals surface area contributed by atoms with Gasteiger partial charge in [0.1, 0.15) is 4.60 Å². The van der Waals surface area contributed by atoms with Crippen LogP contribution in [0.1, 0.15) is 0 Å². The lowest BCUT2D eigenvalue weighted by molar-refractivity contribution is 1.10. The van der Waals surface area contributed by atoms with Crippen molar-refractivity contribution in [2.45, 2.75) is 0 Å². The van der Waals surface area contributed by atoms with Crippen molar-refractivity contribution < 1.29 is 0 Å². The monoisotopic (exact) mass is 268 g/mol. The van der Waals surface area contributed by atoms with E-state index >= 15 is 0 Å². The van der Waals surface area contributed by atoms with Crippen LogP contribution in [-0.2, 0) is 0 Å². The molecule has 0 spiro atoms. The van der Waals surface area contributed by atoms with E-state index in [4.69, 9.17) is 5.73 Å². The maximum Gasteiger partial charge on any atom is 0.181 e. The number of nitrogens with two attached hydrogens (primary N) is 1. The molecule has 0 amide bonds. The second-order valence-corrected chi connectivity index (χ2v) is 4.72. The Morgan fingerprint density at radius 3 is 3.00 bits per heavy atom. The first kappa shape index (κ1) is 8.19. The molecule has 0 saturated carbocycles. The average molecular weight is 269 g/mol. The minimum absolute atomic E-state index is 0.584. The summed E-state index contributed by atoms with van der Waals surface area (Å²) in [5, 5.41) is 8.66. The number of aromatic nitrogens is 3. The Bertz CT molecular complexity index is 627. The highest BCUT2D eigenvalue weighted by atomic mass is 79.9. The summed E-state index contributed by atoms with van der Waals surface area (Å²) >= 11 is 4.89. The van der Waals surface area contributed by atoms with Crippen molar-refractivity contribution in [3.8, 4) is 0 Å². The maximum atomic E-state index is 5.66. The average Bonchev–Trinajstić information content (AvgIpc) is 2.68. The lowest BCUT2D eigenvalue weighted by Gasteiger charge is -1.89. The van der Waals surface area contributed by atoms with E-state index in [1.165, 1.54) is 11.3 Å². The number of rotatable bonds is 0. The van der Waals surface area contributed by atoms with Crippen molar-refractivity contribution >= 4 is 53.5 Å². The molecule has 0 aliphatic rings. The summed E-state index contributed by atoms with van der Waals surface area (Å²) in [7, 11) is 0. The van der Waals surface area contributed by atoms with Crippen molar-refractivity contribution in [1.29, 1.82) is 0 Å². The number of halogens is 1. The third kappa shape index (κ3) is 0.978. The van der Waals surface area contributed by atoms with Gasteiger partial charge in [0.05, 0.1) is 21.1 Å². The highest BCUT2D eigenvalue weighted by molar-refractivity contribution is 9.10. The fourth-order valence-electron chi connectivity index (χ4n) is 1.47. The van der Waals surface area contributed by atoms with Gasteiger partial charge in [0.2, 0.25) is 0 Å². The summed E-state index contributed by atoms with van der Waals surface area (Å²) in [4.78, 5) is 4.22. The van der Waals surface area contributed by atoms with Crippen LogP contribution in [0.15, 0.2) is 16.7 Å². The predicted molar refractivity (Wildman–Crippen MR) is 61.4 cm³/mol. The molecule has 3 rings (SSSR count). The van der Waals surface area contributed by atoms with E-state index < -0.39 is 0 Å². The van der Waals surface area contributed by atoms with Crippen LogP contribution in [-0.4, -0.2) is 15.2 Å². The molecule has 6 heteroatoms. The zero-order valence-electron chi connectivity index (χ0n) is 6.91. The number of hydrogen-bond donors (Lipinski definition) is 2. The Morgan fingerprint density at radius 1 is 1.36 bits per heavy atom. The second kappa shape index (κ2) is 2.68. The Hall–Kier alpha value is -1.14. The van der Waals surface area contributed by atoms with Gasteiger partial charge in [-0.05, 0) is 28.1 Å². The quantitative estimate of drug-likeness (QED) is 0.659. The summed E-state index contributed by atoms with van der Waals surface area (Å²) < 4.78 is 1.95. The molecule has 0 saturated heterocycles. The molecule has 3 N–H and O–H groups in total. The lowest BCUT2D eigenvalue weighted by atomic mass is 10.2. The molecule has 3 aromatic rings. The summed E-state index contributed by atoms with van der Waals surface area (Å²) in [5.74, 6) is 0. The first-order valence-electron chi connectivity index (χ1n) is 3.94. The normalized spacial score (nSPS) is 11.5. The number of nitrogens with zero attached hydrogens (tertiary/aromatic N) is 2. The minimum Gasteiger partial charge on any atom is -0.375 e. The smallest absolute Gasteiger partial charge is 0.181 e. The van der Waals surface area contributed by atoms with Crippen LogP contribution in [0.25, 0.3) is 21.1 Å². The van der Waals surface area contributed by atoms with Gasteiger partial charge in [0.25, 0.3) is 0 Å². The molecule has 14 heavy (non-hydrogen) atoms. The highest BCUT2D eigenvalue weighted by Crippen LogP contribution is 2.34. The summed E-state index contributed by atoms with van der Waals surface area (Å²) in [6.07, 6.45) is 0. The molecule has 0 radical (unpaired) electrons.